The summed E-state index contributed by atoms with van der Waals surface area (Å²) >= 11 is 0. The number of nitrogens with zero attached hydrogens (tertiary/aromatic N) is 3. The Morgan fingerprint density at radius 2 is 1.80 bits per heavy atom. The average molecular weight is 475 g/mol. The highest BCUT2D eigenvalue weighted by atomic mass is 16.5. The van der Waals surface area contributed by atoms with Gasteiger partial charge in [-0.15, -0.1) is 0 Å². The lowest BCUT2D eigenvalue weighted by atomic mass is 10.1. The predicted molar refractivity (Wildman–Crippen MR) is 137 cm³/mol. The van der Waals surface area contributed by atoms with Gasteiger partial charge in [-0.25, -0.2) is 0 Å². The summed E-state index contributed by atoms with van der Waals surface area (Å²) in [5.74, 6) is 1.95. The molecule has 1 saturated heterocycles. The maximum absolute atomic E-state index is 11.8. The summed E-state index contributed by atoms with van der Waals surface area (Å²) in [6, 6.07) is 15.2. The van der Waals surface area contributed by atoms with Gasteiger partial charge in [-0.2, -0.15) is 0 Å². The molecule has 2 fully saturated rings. The molecule has 1 aromatic heterocycles. The fourth-order valence-electron chi connectivity index (χ4n) is 3.95. The number of phenols is 1. The molecule has 0 bridgehead atoms. The standard InChI is InChI=1S/C14H15N3O2.C14H19NO/c1-10(11-2-4-13(18)5-3-11)17-14(19)8-12-9-15-6-7-16-12;1-2-10-15(9-1)13-5-7-14(8-6-13)16-11-12-3-4-12/h2-7,9-10,18H,8H2,1H3,(H,17,19);5-8,12H,1-4,9-11H2. The van der Waals surface area contributed by atoms with Gasteiger partial charge in [0.05, 0.1) is 24.8 Å². The van der Waals surface area contributed by atoms with Crippen LogP contribution in [-0.4, -0.2) is 40.7 Å². The summed E-state index contributed by atoms with van der Waals surface area (Å²) in [6.45, 7) is 5.22. The van der Waals surface area contributed by atoms with Crippen LogP contribution in [0.3, 0.4) is 0 Å². The minimum Gasteiger partial charge on any atom is -0.508 e. The molecular formula is C28H34N4O3. The van der Waals surface area contributed by atoms with Crippen molar-refractivity contribution in [3.05, 3.63) is 78.4 Å². The fourth-order valence-corrected chi connectivity index (χ4v) is 3.95. The summed E-state index contributed by atoms with van der Waals surface area (Å²) in [5.41, 5.74) is 2.92. The zero-order valence-electron chi connectivity index (χ0n) is 20.3. The zero-order chi connectivity index (χ0) is 24.5. The number of rotatable bonds is 8. The number of hydrogen-bond donors (Lipinski definition) is 2. The molecule has 0 spiro atoms. The summed E-state index contributed by atoms with van der Waals surface area (Å²) in [5, 5.41) is 12.1. The number of benzene rings is 2. The second-order valence-electron chi connectivity index (χ2n) is 9.20. The molecule has 7 heteroatoms. The highest BCUT2D eigenvalue weighted by Gasteiger charge is 2.22. The van der Waals surface area contributed by atoms with Crippen LogP contribution in [0, 0.1) is 5.92 Å². The Bertz CT molecular complexity index is 1050. The smallest absolute Gasteiger partial charge is 0.226 e. The van der Waals surface area contributed by atoms with Crippen molar-refractivity contribution >= 4 is 11.6 Å². The van der Waals surface area contributed by atoms with Crippen molar-refractivity contribution in [3.8, 4) is 11.5 Å². The van der Waals surface area contributed by atoms with Crippen molar-refractivity contribution in [3.63, 3.8) is 0 Å². The number of carbonyl (C=O) groups excluding carboxylic acids is 1. The first-order valence-electron chi connectivity index (χ1n) is 12.4. The van der Waals surface area contributed by atoms with E-state index in [2.05, 4.69) is 44.5 Å². The molecule has 2 heterocycles. The first kappa shape index (κ1) is 24.5. The molecule has 1 atom stereocenters. The van der Waals surface area contributed by atoms with Crippen LogP contribution < -0.4 is 15.0 Å². The molecule has 1 saturated carbocycles. The second kappa shape index (κ2) is 12.2. The van der Waals surface area contributed by atoms with Crippen LogP contribution in [0.15, 0.2) is 67.1 Å². The lowest BCUT2D eigenvalue weighted by molar-refractivity contribution is -0.121. The Balaban J connectivity index is 0.000000167. The average Bonchev–Trinajstić information content (AvgIpc) is 3.55. The third-order valence-electron chi connectivity index (χ3n) is 6.22. The normalized spacial score (nSPS) is 15.6. The molecule has 2 N–H and O–H groups in total. The van der Waals surface area contributed by atoms with E-state index in [1.807, 2.05) is 6.92 Å². The van der Waals surface area contributed by atoms with E-state index >= 15 is 0 Å². The van der Waals surface area contributed by atoms with E-state index in [0.29, 0.717) is 5.69 Å². The van der Waals surface area contributed by atoms with Crippen molar-refractivity contribution in [2.75, 3.05) is 24.6 Å². The number of anilines is 1. The van der Waals surface area contributed by atoms with E-state index in [4.69, 9.17) is 4.74 Å². The molecule has 2 aliphatic rings. The molecule has 3 aromatic rings. The molecule has 1 aliphatic heterocycles. The number of hydrogen-bond acceptors (Lipinski definition) is 6. The highest BCUT2D eigenvalue weighted by molar-refractivity contribution is 5.78. The summed E-state index contributed by atoms with van der Waals surface area (Å²) in [4.78, 5) is 22.3. The Morgan fingerprint density at radius 1 is 1.09 bits per heavy atom. The highest BCUT2D eigenvalue weighted by Crippen LogP contribution is 2.30. The molecule has 1 amide bonds. The number of nitrogens with one attached hydrogen (secondary N) is 1. The third kappa shape index (κ3) is 7.98. The van der Waals surface area contributed by atoms with E-state index < -0.39 is 0 Å². The van der Waals surface area contributed by atoms with Crippen molar-refractivity contribution in [2.24, 2.45) is 5.92 Å². The monoisotopic (exact) mass is 474 g/mol. The summed E-state index contributed by atoms with van der Waals surface area (Å²) in [6.07, 6.45) is 10.3. The fraction of sp³-hybridized carbons (Fsp3) is 0.393. The van der Waals surface area contributed by atoms with Gasteiger partial charge >= 0.3 is 0 Å². The number of amides is 1. The van der Waals surface area contributed by atoms with Crippen molar-refractivity contribution < 1.29 is 14.6 Å². The first-order valence-corrected chi connectivity index (χ1v) is 12.4. The predicted octanol–water partition coefficient (Wildman–Crippen LogP) is 4.68. The van der Waals surface area contributed by atoms with Crippen LogP contribution in [0.2, 0.25) is 0 Å². The van der Waals surface area contributed by atoms with Gasteiger partial charge in [-0.1, -0.05) is 12.1 Å². The number of aromatic nitrogens is 2. The number of aromatic hydroxyl groups is 1. The maximum Gasteiger partial charge on any atom is 0.226 e. The van der Waals surface area contributed by atoms with E-state index in [-0.39, 0.29) is 24.1 Å². The Hall–Kier alpha value is -3.61. The van der Waals surface area contributed by atoms with Gasteiger partial charge < -0.3 is 20.1 Å². The van der Waals surface area contributed by atoms with Crippen molar-refractivity contribution in [2.45, 2.75) is 45.1 Å². The Morgan fingerprint density at radius 3 is 2.43 bits per heavy atom. The quantitative estimate of drug-likeness (QED) is 0.493. The first-order chi connectivity index (χ1) is 17.1. The molecule has 1 aliphatic carbocycles. The molecule has 2 aromatic carbocycles. The molecule has 184 valence electrons. The summed E-state index contributed by atoms with van der Waals surface area (Å²) < 4.78 is 5.73. The van der Waals surface area contributed by atoms with Crippen LogP contribution in [-0.2, 0) is 11.2 Å². The lowest BCUT2D eigenvalue weighted by Crippen LogP contribution is -2.28. The van der Waals surface area contributed by atoms with Crippen molar-refractivity contribution in [1.82, 2.24) is 15.3 Å². The van der Waals surface area contributed by atoms with Crippen LogP contribution in [0.5, 0.6) is 11.5 Å². The van der Waals surface area contributed by atoms with Gasteiger partial charge in [0.1, 0.15) is 11.5 Å². The maximum atomic E-state index is 11.8. The van der Waals surface area contributed by atoms with Crippen LogP contribution in [0.4, 0.5) is 5.69 Å². The molecular weight excluding hydrogens is 440 g/mol. The summed E-state index contributed by atoms with van der Waals surface area (Å²) in [7, 11) is 0. The van der Waals surface area contributed by atoms with Crippen LogP contribution >= 0.6 is 0 Å². The van der Waals surface area contributed by atoms with Gasteiger partial charge in [-0.3, -0.25) is 14.8 Å². The molecule has 5 rings (SSSR count). The largest absolute Gasteiger partial charge is 0.508 e. The van der Waals surface area contributed by atoms with E-state index in [1.54, 1.807) is 42.9 Å². The molecule has 35 heavy (non-hydrogen) atoms. The minimum absolute atomic E-state index is 0.110. The van der Waals surface area contributed by atoms with Crippen LogP contribution in [0.1, 0.15) is 49.9 Å². The second-order valence-corrected chi connectivity index (χ2v) is 9.20. The van der Waals surface area contributed by atoms with Gasteiger partial charge in [0.25, 0.3) is 0 Å². The van der Waals surface area contributed by atoms with E-state index in [0.717, 1.165) is 23.8 Å². The third-order valence-corrected chi connectivity index (χ3v) is 6.22. The van der Waals surface area contributed by atoms with Gasteiger partial charge in [0.2, 0.25) is 5.91 Å². The Labute approximate surface area is 207 Å². The Kier molecular flexibility index (Phi) is 8.54. The zero-order valence-corrected chi connectivity index (χ0v) is 20.3. The van der Waals surface area contributed by atoms with Gasteiger partial charge in [0.15, 0.2) is 0 Å². The lowest BCUT2D eigenvalue weighted by Gasteiger charge is -2.17. The van der Waals surface area contributed by atoms with E-state index in [9.17, 15) is 9.90 Å². The molecule has 7 nitrogen and oxygen atoms in total. The SMILES string of the molecule is CC(NC(=O)Cc1cnccn1)c1ccc(O)cc1.c1cc(N2CCCC2)ccc1OCC1CC1. The molecule has 1 unspecified atom stereocenters. The number of ether oxygens (including phenoxy) is 1. The van der Waals surface area contributed by atoms with Gasteiger partial charge in [-0.05, 0) is 80.5 Å². The minimum atomic E-state index is -0.121. The van der Waals surface area contributed by atoms with Gasteiger partial charge in [0, 0.05) is 37.4 Å². The van der Waals surface area contributed by atoms with Crippen molar-refractivity contribution in [1.29, 1.82) is 0 Å². The molecule has 0 radical (unpaired) electrons. The van der Waals surface area contributed by atoms with Crippen LogP contribution in [0.25, 0.3) is 0 Å². The van der Waals surface area contributed by atoms with E-state index in [1.165, 1.54) is 44.5 Å². The topological polar surface area (TPSA) is 87.6 Å². The number of phenolic OH excluding ortho intramolecular Hbond substituents is 1. The number of carbonyl (C=O) groups is 1.